The number of ether oxygens (including phenoxy) is 2. The van der Waals surface area contributed by atoms with Crippen molar-refractivity contribution in [3.63, 3.8) is 0 Å². The molecule has 0 saturated heterocycles. The highest BCUT2D eigenvalue weighted by Gasteiger charge is 2.61. The van der Waals surface area contributed by atoms with Crippen LogP contribution >= 0.6 is 0 Å². The highest BCUT2D eigenvalue weighted by atomic mass is 16.6. The fourth-order valence-electron chi connectivity index (χ4n) is 12.6. The van der Waals surface area contributed by atoms with Gasteiger partial charge in [0.1, 0.15) is 17.8 Å². The van der Waals surface area contributed by atoms with Crippen molar-refractivity contribution < 1.29 is 29.6 Å². The molecule has 0 fully saturated rings. The first-order valence-electron chi connectivity index (χ1n) is 35.6. The molecule has 77 heavy (non-hydrogen) atoms. The Morgan fingerprint density at radius 1 is 0.338 bits per heavy atom. The number of hydrogen-bond acceptors (Lipinski definition) is 6. The maximum Gasteiger partial charge on any atom is 0.167 e. The number of aliphatic hydroxyl groups is 3. The van der Waals surface area contributed by atoms with Gasteiger partial charge in [-0.3, -0.25) is 4.79 Å². The van der Waals surface area contributed by atoms with Crippen LogP contribution in [0.15, 0.2) is 0 Å². The molecule has 0 aromatic carbocycles. The first-order valence-corrected chi connectivity index (χ1v) is 35.6. The van der Waals surface area contributed by atoms with Gasteiger partial charge in [0.05, 0.1) is 6.61 Å². The molecule has 3 N–H and O–H groups in total. The molecule has 0 heterocycles. The van der Waals surface area contributed by atoms with Gasteiger partial charge in [-0.25, -0.2) is 0 Å². The molecule has 0 aliphatic heterocycles. The Bertz CT molecular complexity index is 1150. The summed E-state index contributed by atoms with van der Waals surface area (Å²) < 4.78 is 13.8. The Kier molecular flexibility index (Phi) is 59.7. The fourth-order valence-corrected chi connectivity index (χ4v) is 12.6. The van der Waals surface area contributed by atoms with E-state index < -0.39 is 30.0 Å². The highest BCUT2D eigenvalue weighted by molar-refractivity contribution is 5.89. The van der Waals surface area contributed by atoms with Gasteiger partial charge in [0.2, 0.25) is 0 Å². The standard InChI is InChI=1S/C71H142O6/c1-6-10-14-18-22-26-30-34-38-42-46-50-54-58-62-68(74)70(63-59-55-51-47-43-39-35-31-27-23-19-15-11-7-2,77-65-61-57-53-49-45-41-37-33-29-25-21-17-13-9-4)71(76-5,69(75)67(73)66-72)64-60-56-52-48-44-40-36-32-28-24-20-16-12-8-3/h67,69,72-73,75H,6-66H2,1-5H3/t67-,69+,70+,71+/m1/s1. The number of methoxy groups -OCH3 is 1. The van der Waals surface area contributed by atoms with Crippen molar-refractivity contribution in [1.29, 1.82) is 0 Å². The van der Waals surface area contributed by atoms with Crippen LogP contribution in [-0.4, -0.2) is 64.8 Å². The van der Waals surface area contributed by atoms with Crippen molar-refractivity contribution in [2.45, 2.75) is 430 Å². The van der Waals surface area contributed by atoms with Gasteiger partial charge in [0.25, 0.3) is 0 Å². The van der Waals surface area contributed by atoms with Crippen LogP contribution in [0, 0.1) is 0 Å². The second-order valence-electron chi connectivity index (χ2n) is 25.0. The van der Waals surface area contributed by atoms with E-state index >= 15 is 4.79 Å². The van der Waals surface area contributed by atoms with E-state index in [0.717, 1.165) is 70.6 Å². The summed E-state index contributed by atoms with van der Waals surface area (Å²) in [6, 6.07) is 0. The van der Waals surface area contributed by atoms with Gasteiger partial charge in [-0.15, -0.1) is 0 Å². The minimum Gasteiger partial charge on any atom is -0.394 e. The average molecular weight is 1090 g/mol. The summed E-state index contributed by atoms with van der Waals surface area (Å²) in [5.74, 6) is 0.0351. The van der Waals surface area contributed by atoms with Gasteiger partial charge in [0.15, 0.2) is 11.4 Å². The number of unbranched alkanes of at least 4 members (excludes halogenated alkanes) is 52. The first-order chi connectivity index (χ1) is 37.9. The van der Waals surface area contributed by atoms with Crippen LogP contribution in [-0.2, 0) is 14.3 Å². The van der Waals surface area contributed by atoms with Crippen LogP contribution in [0.25, 0.3) is 0 Å². The van der Waals surface area contributed by atoms with E-state index in [2.05, 4.69) is 27.7 Å². The molecule has 0 radical (unpaired) electrons. The molecule has 0 bridgehead atoms. The molecule has 0 aliphatic carbocycles. The quantitative estimate of drug-likeness (QED) is 0.0525. The minimum absolute atomic E-state index is 0.0351. The Labute approximate surface area is 483 Å². The largest absolute Gasteiger partial charge is 0.394 e. The highest BCUT2D eigenvalue weighted by Crippen LogP contribution is 2.44. The van der Waals surface area contributed by atoms with E-state index in [9.17, 15) is 15.3 Å². The van der Waals surface area contributed by atoms with E-state index in [1.807, 2.05) is 0 Å². The smallest absolute Gasteiger partial charge is 0.167 e. The minimum atomic E-state index is -1.47. The lowest BCUT2D eigenvalue weighted by Gasteiger charge is -2.52. The van der Waals surface area contributed by atoms with Gasteiger partial charge in [-0.05, 0) is 32.1 Å². The number of rotatable bonds is 67. The molecular formula is C71H142O6. The second-order valence-corrected chi connectivity index (χ2v) is 25.0. The molecule has 0 aliphatic rings. The summed E-state index contributed by atoms with van der Waals surface area (Å²) >= 11 is 0. The lowest BCUT2D eigenvalue weighted by molar-refractivity contribution is -0.254. The van der Waals surface area contributed by atoms with Crippen molar-refractivity contribution >= 4 is 5.78 Å². The molecule has 0 spiro atoms. The van der Waals surface area contributed by atoms with Crippen LogP contribution in [0.3, 0.4) is 0 Å². The summed E-state index contributed by atoms with van der Waals surface area (Å²) in [6.07, 6.45) is 69.0. The molecule has 0 aromatic heterocycles. The second kappa shape index (κ2) is 60.1. The molecule has 462 valence electrons. The Morgan fingerprint density at radius 3 is 0.831 bits per heavy atom. The number of Topliss-reactive ketones (excluding diaryl/α,β-unsaturated/α-hetero) is 1. The van der Waals surface area contributed by atoms with Gasteiger partial charge in [0, 0.05) is 20.1 Å². The van der Waals surface area contributed by atoms with Crippen molar-refractivity contribution in [3.05, 3.63) is 0 Å². The zero-order valence-corrected chi connectivity index (χ0v) is 53.4. The monoisotopic (exact) mass is 1090 g/mol. The lowest BCUT2D eigenvalue weighted by Crippen LogP contribution is -2.70. The normalized spacial score (nSPS) is 14.3. The number of aliphatic hydroxyl groups excluding tert-OH is 3. The van der Waals surface area contributed by atoms with E-state index in [1.165, 1.54) is 289 Å². The Morgan fingerprint density at radius 2 is 0.571 bits per heavy atom. The molecule has 0 amide bonds. The van der Waals surface area contributed by atoms with Crippen LogP contribution in [0.5, 0.6) is 0 Å². The molecule has 0 unspecified atom stereocenters. The van der Waals surface area contributed by atoms with E-state index in [4.69, 9.17) is 9.47 Å². The molecular weight excluding hydrogens is 949 g/mol. The third-order valence-corrected chi connectivity index (χ3v) is 17.9. The molecule has 0 rings (SSSR count). The van der Waals surface area contributed by atoms with Gasteiger partial charge >= 0.3 is 0 Å². The zero-order valence-electron chi connectivity index (χ0n) is 53.4. The topological polar surface area (TPSA) is 96.2 Å². The Hall–Kier alpha value is -0.530. The summed E-state index contributed by atoms with van der Waals surface area (Å²) in [4.78, 5) is 15.4. The van der Waals surface area contributed by atoms with Crippen molar-refractivity contribution in [2.24, 2.45) is 0 Å². The maximum absolute atomic E-state index is 15.4. The van der Waals surface area contributed by atoms with Crippen LogP contribution in [0.4, 0.5) is 0 Å². The number of carbonyl (C=O) groups excluding carboxylic acids is 1. The van der Waals surface area contributed by atoms with Gasteiger partial charge in [-0.2, -0.15) is 0 Å². The van der Waals surface area contributed by atoms with Crippen molar-refractivity contribution in [2.75, 3.05) is 20.3 Å². The van der Waals surface area contributed by atoms with Crippen LogP contribution < -0.4 is 0 Å². The van der Waals surface area contributed by atoms with E-state index in [1.54, 1.807) is 7.11 Å². The van der Waals surface area contributed by atoms with Gasteiger partial charge < -0.3 is 24.8 Å². The fraction of sp³-hybridized carbons (Fsp3) is 0.986. The van der Waals surface area contributed by atoms with Crippen molar-refractivity contribution in [1.82, 2.24) is 0 Å². The summed E-state index contributed by atoms with van der Waals surface area (Å²) in [5, 5.41) is 34.2. The average Bonchev–Trinajstić information content (AvgIpc) is 3.45. The van der Waals surface area contributed by atoms with Crippen LogP contribution in [0.1, 0.15) is 407 Å². The first kappa shape index (κ1) is 76.5. The summed E-state index contributed by atoms with van der Waals surface area (Å²) in [7, 11) is 1.63. The third kappa shape index (κ3) is 42.9. The number of hydrogen-bond donors (Lipinski definition) is 3. The molecule has 0 saturated carbocycles. The van der Waals surface area contributed by atoms with E-state index in [0.29, 0.717) is 25.9 Å². The lowest BCUT2D eigenvalue weighted by atomic mass is 9.67. The summed E-state index contributed by atoms with van der Waals surface area (Å²) in [5.41, 5.74) is -2.87. The molecule has 0 aromatic rings. The zero-order chi connectivity index (χ0) is 56.3. The predicted octanol–water partition coefficient (Wildman–Crippen LogP) is 22.5. The third-order valence-electron chi connectivity index (χ3n) is 17.9. The molecule has 6 nitrogen and oxygen atoms in total. The molecule has 4 atom stereocenters. The van der Waals surface area contributed by atoms with Crippen molar-refractivity contribution in [3.8, 4) is 0 Å². The summed E-state index contributed by atoms with van der Waals surface area (Å²) in [6.45, 7) is 9.00. The number of carbonyl (C=O) groups is 1. The SMILES string of the molecule is CCCCCCCCCCCCCCCCO[C@@](CCCCCCCCCCCCCCCC)(C(=O)CCCCCCCCCCCCCCCC)[C@@](CCCCCCCCCCCCCCCC)(OC)[C@@H](O)[C@H](O)CO. The number of ketones is 1. The van der Waals surface area contributed by atoms with Crippen LogP contribution in [0.2, 0.25) is 0 Å². The predicted molar refractivity (Wildman–Crippen MR) is 338 cm³/mol. The molecule has 6 heteroatoms. The maximum atomic E-state index is 15.4. The van der Waals surface area contributed by atoms with E-state index in [-0.39, 0.29) is 5.78 Å². The Balaban J connectivity index is 6.05. The van der Waals surface area contributed by atoms with Gasteiger partial charge in [-0.1, -0.05) is 368 Å².